The molecular weight excluding hydrogens is 308 g/mol. The molecule has 0 aromatic carbocycles. The molecule has 1 aliphatic rings. The second-order valence-corrected chi connectivity index (χ2v) is 7.07. The maximum absolute atomic E-state index is 12.2. The lowest BCUT2D eigenvalue weighted by atomic mass is 10.2. The van der Waals surface area contributed by atoms with Crippen molar-refractivity contribution in [1.82, 2.24) is 24.6 Å². The molecule has 0 bridgehead atoms. The van der Waals surface area contributed by atoms with Gasteiger partial charge in [0.1, 0.15) is 17.7 Å². The van der Waals surface area contributed by atoms with Crippen molar-refractivity contribution in [2.75, 3.05) is 18.8 Å². The Morgan fingerprint density at radius 1 is 1.42 bits per heavy atom. The lowest BCUT2D eigenvalue weighted by Crippen LogP contribution is -2.35. The summed E-state index contributed by atoms with van der Waals surface area (Å²) in [5, 5.41) is 5.49. The average Bonchev–Trinajstić information content (AvgIpc) is 3.10. The van der Waals surface area contributed by atoms with Gasteiger partial charge in [0.05, 0.1) is 17.1 Å². The zero-order valence-corrected chi connectivity index (χ0v) is 14.6. The quantitative estimate of drug-likeness (QED) is 0.904. The van der Waals surface area contributed by atoms with E-state index in [1.165, 1.54) is 6.33 Å². The summed E-state index contributed by atoms with van der Waals surface area (Å²) in [5.74, 6) is 0.449. The highest BCUT2D eigenvalue weighted by Crippen LogP contribution is 2.29. The molecule has 3 heterocycles. The van der Waals surface area contributed by atoms with E-state index in [1.807, 2.05) is 32.4 Å². The summed E-state index contributed by atoms with van der Waals surface area (Å²) in [7, 11) is 0. The largest absolute Gasteiger partial charge is 0.444 e. The number of anilines is 1. The van der Waals surface area contributed by atoms with Crippen molar-refractivity contribution in [3.8, 4) is 0 Å². The number of fused-ring (bicyclic) bond motifs is 1. The molecule has 8 heteroatoms. The molecule has 24 heavy (non-hydrogen) atoms. The molecule has 0 saturated carbocycles. The lowest BCUT2D eigenvalue weighted by Gasteiger charge is -2.24. The topological polar surface area (TPSA) is 99.2 Å². The molecule has 1 saturated heterocycles. The summed E-state index contributed by atoms with van der Waals surface area (Å²) >= 11 is 0. The molecule has 3 rings (SSSR count). The van der Waals surface area contributed by atoms with Crippen LogP contribution in [0.2, 0.25) is 0 Å². The number of nitrogens with zero attached hydrogens (tertiary/aromatic N) is 5. The highest BCUT2D eigenvalue weighted by Gasteiger charge is 2.32. The standard InChI is InChI=1S/C16H24N6O2/c1-5-11-12-13(17)18-9-19-14(12)22(20-11)10-6-7-21(8-10)15(23)24-16(2,3)4/h9-10H,5-8H2,1-4H3,(H2,17,18,19). The van der Waals surface area contributed by atoms with Crippen molar-refractivity contribution >= 4 is 22.9 Å². The third-order valence-corrected chi connectivity index (χ3v) is 4.09. The molecule has 1 unspecified atom stereocenters. The van der Waals surface area contributed by atoms with Crippen LogP contribution in [-0.2, 0) is 11.2 Å². The maximum Gasteiger partial charge on any atom is 0.410 e. The Kier molecular flexibility index (Phi) is 4.06. The highest BCUT2D eigenvalue weighted by molar-refractivity contribution is 5.88. The third-order valence-electron chi connectivity index (χ3n) is 4.09. The summed E-state index contributed by atoms with van der Waals surface area (Å²) in [6, 6.07) is 0.0645. The molecule has 1 atom stereocenters. The number of ether oxygens (including phenoxy) is 1. The minimum Gasteiger partial charge on any atom is -0.444 e. The van der Waals surface area contributed by atoms with Gasteiger partial charge in [-0.25, -0.2) is 19.4 Å². The van der Waals surface area contributed by atoms with E-state index in [0.29, 0.717) is 18.9 Å². The van der Waals surface area contributed by atoms with Crippen molar-refractivity contribution in [1.29, 1.82) is 0 Å². The summed E-state index contributed by atoms with van der Waals surface area (Å²) < 4.78 is 7.34. The van der Waals surface area contributed by atoms with E-state index in [2.05, 4.69) is 15.1 Å². The van der Waals surface area contributed by atoms with Gasteiger partial charge < -0.3 is 15.4 Å². The fraction of sp³-hybridized carbons (Fsp3) is 0.625. The number of nitrogen functional groups attached to an aromatic ring is 1. The molecule has 1 fully saturated rings. The normalized spacial score (nSPS) is 18.3. The first-order valence-corrected chi connectivity index (χ1v) is 8.25. The first-order chi connectivity index (χ1) is 11.3. The van der Waals surface area contributed by atoms with Crippen LogP contribution in [0.1, 0.15) is 45.9 Å². The van der Waals surface area contributed by atoms with Gasteiger partial charge in [-0.05, 0) is 33.6 Å². The minimum absolute atomic E-state index is 0.0645. The van der Waals surface area contributed by atoms with E-state index >= 15 is 0 Å². The summed E-state index contributed by atoms with van der Waals surface area (Å²) in [4.78, 5) is 22.4. The minimum atomic E-state index is -0.495. The van der Waals surface area contributed by atoms with Gasteiger partial charge in [0.25, 0.3) is 0 Å². The zero-order valence-electron chi connectivity index (χ0n) is 14.6. The SMILES string of the molecule is CCc1nn(C2CCN(C(=O)OC(C)(C)C)C2)c2ncnc(N)c12. The molecule has 1 amide bonds. The van der Waals surface area contributed by atoms with Gasteiger partial charge in [0, 0.05) is 13.1 Å². The summed E-state index contributed by atoms with van der Waals surface area (Å²) in [6.07, 6.45) is 2.73. The molecule has 130 valence electrons. The number of rotatable bonds is 2. The number of aryl methyl sites for hydroxylation is 1. The van der Waals surface area contributed by atoms with Crippen LogP contribution in [0.3, 0.4) is 0 Å². The van der Waals surface area contributed by atoms with Crippen molar-refractivity contribution in [2.24, 2.45) is 0 Å². The van der Waals surface area contributed by atoms with E-state index in [9.17, 15) is 4.79 Å². The Balaban J connectivity index is 1.85. The van der Waals surface area contributed by atoms with Gasteiger partial charge in [-0.1, -0.05) is 6.92 Å². The summed E-state index contributed by atoms with van der Waals surface area (Å²) in [5.41, 5.74) is 7.12. The van der Waals surface area contributed by atoms with Crippen molar-refractivity contribution in [2.45, 2.75) is 52.2 Å². The Labute approximate surface area is 141 Å². The lowest BCUT2D eigenvalue weighted by molar-refractivity contribution is 0.0288. The van der Waals surface area contributed by atoms with Crippen LogP contribution in [0.5, 0.6) is 0 Å². The first kappa shape index (κ1) is 16.5. The van der Waals surface area contributed by atoms with Crippen LogP contribution >= 0.6 is 0 Å². The zero-order chi connectivity index (χ0) is 17.5. The Morgan fingerprint density at radius 3 is 2.83 bits per heavy atom. The molecule has 1 aliphatic heterocycles. The molecule has 2 aromatic rings. The monoisotopic (exact) mass is 332 g/mol. The van der Waals surface area contributed by atoms with E-state index < -0.39 is 5.60 Å². The van der Waals surface area contributed by atoms with Crippen LogP contribution < -0.4 is 5.73 Å². The number of nitrogens with two attached hydrogens (primary N) is 1. The van der Waals surface area contributed by atoms with E-state index in [0.717, 1.165) is 29.6 Å². The second kappa shape index (κ2) is 5.92. The Hall–Kier alpha value is -2.38. The van der Waals surface area contributed by atoms with Gasteiger partial charge in [0.2, 0.25) is 0 Å². The van der Waals surface area contributed by atoms with Crippen molar-refractivity contribution in [3.05, 3.63) is 12.0 Å². The van der Waals surface area contributed by atoms with Crippen LogP contribution in [0, 0.1) is 0 Å². The van der Waals surface area contributed by atoms with Crippen LogP contribution in [0.25, 0.3) is 11.0 Å². The summed E-state index contributed by atoms with van der Waals surface area (Å²) in [6.45, 7) is 8.83. The first-order valence-electron chi connectivity index (χ1n) is 8.25. The van der Waals surface area contributed by atoms with E-state index in [-0.39, 0.29) is 12.1 Å². The third kappa shape index (κ3) is 3.00. The Bertz CT molecular complexity index is 764. The predicted molar refractivity (Wildman–Crippen MR) is 90.6 cm³/mol. The number of hydrogen-bond donors (Lipinski definition) is 1. The number of carbonyl (C=O) groups is 1. The number of amides is 1. The van der Waals surface area contributed by atoms with Gasteiger partial charge in [0.15, 0.2) is 5.65 Å². The van der Waals surface area contributed by atoms with Gasteiger partial charge in [-0.15, -0.1) is 0 Å². The number of carbonyl (C=O) groups excluding carboxylic acids is 1. The average molecular weight is 332 g/mol. The molecule has 0 radical (unpaired) electrons. The van der Waals surface area contributed by atoms with Crippen molar-refractivity contribution in [3.63, 3.8) is 0 Å². The fourth-order valence-electron chi connectivity index (χ4n) is 3.00. The predicted octanol–water partition coefficient (Wildman–Crippen LogP) is 2.15. The molecule has 2 N–H and O–H groups in total. The fourth-order valence-corrected chi connectivity index (χ4v) is 3.00. The maximum atomic E-state index is 12.2. The van der Waals surface area contributed by atoms with Crippen LogP contribution in [-0.4, -0.2) is 49.4 Å². The molecule has 2 aromatic heterocycles. The van der Waals surface area contributed by atoms with E-state index in [1.54, 1.807) is 4.90 Å². The molecule has 0 aliphatic carbocycles. The number of hydrogen-bond acceptors (Lipinski definition) is 6. The smallest absolute Gasteiger partial charge is 0.410 e. The van der Waals surface area contributed by atoms with Gasteiger partial charge in [-0.3, -0.25) is 0 Å². The highest BCUT2D eigenvalue weighted by atomic mass is 16.6. The van der Waals surface area contributed by atoms with Gasteiger partial charge in [-0.2, -0.15) is 5.10 Å². The molecule has 0 spiro atoms. The molecule has 8 nitrogen and oxygen atoms in total. The second-order valence-electron chi connectivity index (χ2n) is 7.07. The van der Waals surface area contributed by atoms with Gasteiger partial charge >= 0.3 is 6.09 Å². The number of aromatic nitrogens is 4. The van der Waals surface area contributed by atoms with E-state index in [4.69, 9.17) is 10.5 Å². The molecular formula is C16H24N6O2. The van der Waals surface area contributed by atoms with Crippen molar-refractivity contribution < 1.29 is 9.53 Å². The van der Waals surface area contributed by atoms with Crippen LogP contribution in [0.4, 0.5) is 10.6 Å². The van der Waals surface area contributed by atoms with Crippen LogP contribution in [0.15, 0.2) is 6.33 Å². The number of likely N-dealkylation sites (tertiary alicyclic amines) is 1. The Morgan fingerprint density at radius 2 is 2.17 bits per heavy atom.